The number of ether oxygens (including phenoxy) is 5. The molecule has 0 aliphatic rings. The molecule has 10 nitrogen and oxygen atoms in total. The molecule has 0 fully saturated rings. The van der Waals surface area contributed by atoms with Crippen LogP contribution in [0, 0.1) is 5.92 Å². The van der Waals surface area contributed by atoms with E-state index in [0.29, 0.717) is 0 Å². The summed E-state index contributed by atoms with van der Waals surface area (Å²) in [5.41, 5.74) is -0.974. The van der Waals surface area contributed by atoms with Crippen LogP contribution in [0.5, 0.6) is 28.7 Å². The van der Waals surface area contributed by atoms with Crippen LogP contribution in [-0.4, -0.2) is 36.0 Å². The zero-order valence-corrected chi connectivity index (χ0v) is 28.3. The highest BCUT2D eigenvalue weighted by Crippen LogP contribution is 2.41. The van der Waals surface area contributed by atoms with Crippen molar-refractivity contribution >= 4 is 29.8 Å². The molecule has 51 heavy (non-hydrogen) atoms. The first-order valence-electron chi connectivity index (χ1n) is 15.0. The van der Waals surface area contributed by atoms with Crippen molar-refractivity contribution < 1.29 is 60.8 Å². The van der Waals surface area contributed by atoms with Gasteiger partial charge in [0.05, 0.1) is 5.92 Å². The number of carbonyl (C=O) groups is 5. The molecule has 0 N–H and O–H groups in total. The average molecular weight is 707 g/mol. The van der Waals surface area contributed by atoms with Gasteiger partial charge in [0.15, 0.2) is 23.0 Å². The third-order valence-corrected chi connectivity index (χ3v) is 6.64. The topological polar surface area (TPSA) is 132 Å². The largest absolute Gasteiger partial charge is 0.422 e. The van der Waals surface area contributed by atoms with E-state index in [2.05, 4.69) is 26.3 Å². The van der Waals surface area contributed by atoms with Crippen molar-refractivity contribution in [2.24, 2.45) is 5.92 Å². The van der Waals surface area contributed by atoms with Gasteiger partial charge in [-0.15, -0.1) is 0 Å². The SMILES string of the molecule is C=C(C)C(=O)Oc1ccc(-c2ccc(-c3ccc(OC(=O)C(C)C)c(OC(=O)C(=C)C)c3)c(OC(=O)C(=C)C(F)(F)F)c2)cc1OC(=O)C(=C)C. The Hall–Kier alpha value is -6.24. The Kier molecular flexibility index (Phi) is 12.3. The molecular weight excluding hydrogens is 673 g/mol. The maximum absolute atomic E-state index is 13.4. The molecule has 0 bridgehead atoms. The van der Waals surface area contributed by atoms with Gasteiger partial charge < -0.3 is 23.7 Å². The number of hydrogen-bond donors (Lipinski definition) is 0. The molecular formula is C38H33F3O10. The van der Waals surface area contributed by atoms with Crippen molar-refractivity contribution in [2.45, 2.75) is 40.8 Å². The molecule has 13 heteroatoms. The van der Waals surface area contributed by atoms with E-state index in [4.69, 9.17) is 23.7 Å². The molecule has 0 aliphatic carbocycles. The van der Waals surface area contributed by atoms with Crippen LogP contribution < -0.4 is 23.7 Å². The van der Waals surface area contributed by atoms with E-state index in [1.165, 1.54) is 75.4 Å². The van der Waals surface area contributed by atoms with Crippen LogP contribution in [0.1, 0.15) is 34.6 Å². The molecule has 0 unspecified atom stereocenters. The first-order chi connectivity index (χ1) is 23.7. The Labute approximate surface area is 291 Å². The van der Waals surface area contributed by atoms with E-state index in [0.717, 1.165) is 0 Å². The minimum absolute atomic E-state index is 0.0138. The predicted octanol–water partition coefficient (Wildman–Crippen LogP) is 8.05. The van der Waals surface area contributed by atoms with Crippen LogP contribution in [0.2, 0.25) is 0 Å². The maximum atomic E-state index is 13.4. The molecule has 3 aromatic carbocycles. The van der Waals surface area contributed by atoms with Gasteiger partial charge in [-0.3, -0.25) is 4.79 Å². The second kappa shape index (κ2) is 16.0. The zero-order chi connectivity index (χ0) is 38.4. The van der Waals surface area contributed by atoms with Crippen molar-refractivity contribution in [1.29, 1.82) is 0 Å². The smallest absolute Gasteiger partial charge is 0.422 e. The van der Waals surface area contributed by atoms with Gasteiger partial charge >= 0.3 is 36.0 Å². The molecule has 0 atom stereocenters. The molecule has 0 aromatic heterocycles. The monoisotopic (exact) mass is 706 g/mol. The maximum Gasteiger partial charge on any atom is 0.422 e. The zero-order valence-electron chi connectivity index (χ0n) is 28.3. The number of hydrogen-bond acceptors (Lipinski definition) is 10. The van der Waals surface area contributed by atoms with Crippen molar-refractivity contribution in [1.82, 2.24) is 0 Å². The van der Waals surface area contributed by atoms with Gasteiger partial charge in [0, 0.05) is 22.3 Å². The molecule has 0 spiro atoms. The van der Waals surface area contributed by atoms with Crippen LogP contribution in [0.15, 0.2) is 103 Å². The standard InChI is InChI=1S/C38H33F3O10/c1-19(2)33(42)47-28-14-11-25(17-31(28)50-35(44)21(5)6)24-10-13-27(30(16-24)49-37(46)23(9)38(39,40)41)26-12-15-29(48-34(43)20(3)4)32(18-26)51-36(45)22(7)8/h10-18,20H,1,5,7,9H2,2-4,6,8H3. The first-order valence-corrected chi connectivity index (χ1v) is 15.0. The van der Waals surface area contributed by atoms with E-state index < -0.39 is 53.3 Å². The fraction of sp³-hybridized carbons (Fsp3) is 0.184. The van der Waals surface area contributed by atoms with Crippen LogP contribution in [-0.2, 0) is 24.0 Å². The van der Waals surface area contributed by atoms with Crippen LogP contribution >= 0.6 is 0 Å². The minimum Gasteiger partial charge on any atom is -0.422 e. The molecule has 0 amide bonds. The van der Waals surface area contributed by atoms with E-state index in [1.54, 1.807) is 13.8 Å². The number of alkyl halides is 3. The van der Waals surface area contributed by atoms with Gasteiger partial charge in [-0.2, -0.15) is 13.2 Å². The number of esters is 5. The minimum atomic E-state index is -5.11. The summed E-state index contributed by atoms with van der Waals surface area (Å²) < 4.78 is 66.9. The summed E-state index contributed by atoms with van der Waals surface area (Å²) in [6.07, 6.45) is -5.11. The molecule has 3 rings (SSSR count). The Morgan fingerprint density at radius 2 is 0.902 bits per heavy atom. The summed E-state index contributed by atoms with van der Waals surface area (Å²) in [7, 11) is 0. The molecule has 0 saturated carbocycles. The van der Waals surface area contributed by atoms with Crippen molar-refractivity contribution in [2.75, 3.05) is 0 Å². The quantitative estimate of drug-likeness (QED) is 0.104. The van der Waals surface area contributed by atoms with E-state index in [9.17, 15) is 37.1 Å². The van der Waals surface area contributed by atoms with E-state index in [1.807, 2.05) is 0 Å². The number of benzene rings is 3. The third kappa shape index (κ3) is 10.1. The summed E-state index contributed by atoms with van der Waals surface area (Å²) in [5.74, 6) is -6.66. The highest BCUT2D eigenvalue weighted by molar-refractivity contribution is 5.94. The lowest BCUT2D eigenvalue weighted by molar-refractivity contribution is -0.142. The van der Waals surface area contributed by atoms with Crippen molar-refractivity contribution in [3.05, 3.63) is 103 Å². The third-order valence-electron chi connectivity index (χ3n) is 6.64. The summed E-state index contributed by atoms with van der Waals surface area (Å²) in [5, 5.41) is 0. The lowest BCUT2D eigenvalue weighted by Crippen LogP contribution is -2.23. The molecule has 0 radical (unpaired) electrons. The van der Waals surface area contributed by atoms with Crippen LogP contribution in [0.3, 0.4) is 0 Å². The van der Waals surface area contributed by atoms with Gasteiger partial charge in [0.25, 0.3) is 0 Å². The lowest BCUT2D eigenvalue weighted by atomic mass is 9.98. The highest BCUT2D eigenvalue weighted by Gasteiger charge is 2.38. The van der Waals surface area contributed by atoms with Gasteiger partial charge in [-0.05, 0) is 67.8 Å². The first kappa shape index (κ1) is 39.2. The van der Waals surface area contributed by atoms with Gasteiger partial charge in [-0.25, -0.2) is 19.2 Å². The lowest BCUT2D eigenvalue weighted by Gasteiger charge is -2.17. The van der Waals surface area contributed by atoms with Crippen LogP contribution in [0.25, 0.3) is 22.3 Å². The highest BCUT2D eigenvalue weighted by atomic mass is 19.4. The summed E-state index contributed by atoms with van der Waals surface area (Å²) in [6, 6.07) is 12.1. The summed E-state index contributed by atoms with van der Waals surface area (Å²) in [6.45, 7) is 20.7. The molecule has 3 aromatic rings. The van der Waals surface area contributed by atoms with Gasteiger partial charge in [-0.1, -0.05) is 64.4 Å². The summed E-state index contributed by atoms with van der Waals surface area (Å²) >= 11 is 0. The predicted molar refractivity (Wildman–Crippen MR) is 180 cm³/mol. The number of carbonyl (C=O) groups excluding carboxylic acids is 5. The number of rotatable bonds is 12. The Morgan fingerprint density at radius 1 is 0.529 bits per heavy atom. The number of halogens is 3. The Morgan fingerprint density at radius 3 is 1.35 bits per heavy atom. The van der Waals surface area contributed by atoms with Gasteiger partial charge in [0.1, 0.15) is 11.3 Å². The fourth-order valence-electron chi connectivity index (χ4n) is 3.78. The van der Waals surface area contributed by atoms with E-state index in [-0.39, 0.29) is 62.0 Å². The molecule has 0 saturated heterocycles. The normalized spacial score (nSPS) is 10.8. The molecule has 0 aliphatic heterocycles. The van der Waals surface area contributed by atoms with Crippen LogP contribution in [0.4, 0.5) is 13.2 Å². The Bertz CT molecular complexity index is 1990. The van der Waals surface area contributed by atoms with Crippen molar-refractivity contribution in [3.8, 4) is 51.0 Å². The average Bonchev–Trinajstić information content (AvgIpc) is 3.05. The van der Waals surface area contributed by atoms with Gasteiger partial charge in [0.2, 0.25) is 0 Å². The van der Waals surface area contributed by atoms with E-state index >= 15 is 0 Å². The second-order valence-electron chi connectivity index (χ2n) is 11.5. The molecule has 0 heterocycles. The Balaban J connectivity index is 2.24. The van der Waals surface area contributed by atoms with Crippen molar-refractivity contribution in [3.63, 3.8) is 0 Å². The second-order valence-corrected chi connectivity index (χ2v) is 11.5. The summed E-state index contributed by atoms with van der Waals surface area (Å²) in [4.78, 5) is 62.1. The molecule has 266 valence electrons. The fourth-order valence-corrected chi connectivity index (χ4v) is 3.78.